The van der Waals surface area contributed by atoms with E-state index in [4.69, 9.17) is 4.74 Å². The van der Waals surface area contributed by atoms with Crippen LogP contribution in [0.1, 0.15) is 24.2 Å². The predicted molar refractivity (Wildman–Crippen MR) is 120 cm³/mol. The van der Waals surface area contributed by atoms with Crippen molar-refractivity contribution in [1.29, 1.82) is 0 Å². The summed E-state index contributed by atoms with van der Waals surface area (Å²) in [7, 11) is -3.80. The zero-order chi connectivity index (χ0) is 23.1. The first-order chi connectivity index (χ1) is 15.3. The summed E-state index contributed by atoms with van der Waals surface area (Å²) < 4.78 is 33.3. The van der Waals surface area contributed by atoms with Crippen molar-refractivity contribution in [3.63, 3.8) is 0 Å². The number of carbonyl (C=O) groups is 2. The van der Waals surface area contributed by atoms with Crippen molar-refractivity contribution in [3.8, 4) is 11.6 Å². The van der Waals surface area contributed by atoms with Gasteiger partial charge in [0, 0.05) is 37.1 Å². The first kappa shape index (κ1) is 22.8. The molecule has 32 heavy (non-hydrogen) atoms. The van der Waals surface area contributed by atoms with Crippen molar-refractivity contribution in [2.75, 3.05) is 16.6 Å². The number of hydrogen-bond acceptors (Lipinski definition) is 6. The molecule has 3 rings (SSSR count). The number of aromatic nitrogens is 1. The molecule has 9 nitrogen and oxygen atoms in total. The van der Waals surface area contributed by atoms with Gasteiger partial charge in [-0.15, -0.1) is 0 Å². The van der Waals surface area contributed by atoms with E-state index in [1.807, 2.05) is 6.92 Å². The number of rotatable bonds is 8. The highest BCUT2D eigenvalue weighted by Crippen LogP contribution is 2.23. The first-order valence-electron chi connectivity index (χ1n) is 9.69. The van der Waals surface area contributed by atoms with Crippen molar-refractivity contribution in [3.05, 3.63) is 72.4 Å². The quantitative estimate of drug-likeness (QED) is 0.479. The molecule has 0 saturated carbocycles. The van der Waals surface area contributed by atoms with Gasteiger partial charge in [-0.3, -0.25) is 14.3 Å². The van der Waals surface area contributed by atoms with Crippen LogP contribution in [0, 0.1) is 0 Å². The minimum Gasteiger partial charge on any atom is -0.439 e. The van der Waals surface area contributed by atoms with Crippen LogP contribution in [0.3, 0.4) is 0 Å². The summed E-state index contributed by atoms with van der Waals surface area (Å²) in [4.78, 5) is 27.0. The van der Waals surface area contributed by atoms with Crippen LogP contribution in [0.15, 0.2) is 71.8 Å². The lowest BCUT2D eigenvalue weighted by atomic mass is 10.2. The Morgan fingerprint density at radius 3 is 2.16 bits per heavy atom. The van der Waals surface area contributed by atoms with E-state index in [1.165, 1.54) is 37.4 Å². The molecular weight excluding hydrogens is 432 g/mol. The highest BCUT2D eigenvalue weighted by molar-refractivity contribution is 7.92. The monoisotopic (exact) mass is 454 g/mol. The maximum Gasteiger partial charge on any atom is 0.261 e. The van der Waals surface area contributed by atoms with Crippen molar-refractivity contribution in [2.24, 2.45) is 0 Å². The Hall–Kier alpha value is -3.92. The lowest BCUT2D eigenvalue weighted by molar-refractivity contribution is -0.114. The summed E-state index contributed by atoms with van der Waals surface area (Å²) in [5.74, 6) is 0.290. The van der Waals surface area contributed by atoms with Gasteiger partial charge < -0.3 is 15.4 Å². The number of hydrogen-bond donors (Lipinski definition) is 3. The van der Waals surface area contributed by atoms with Gasteiger partial charge >= 0.3 is 0 Å². The molecule has 3 aromatic rings. The molecule has 0 fully saturated rings. The van der Waals surface area contributed by atoms with Gasteiger partial charge in [0.25, 0.3) is 15.9 Å². The summed E-state index contributed by atoms with van der Waals surface area (Å²) in [6.45, 7) is 3.72. The third kappa shape index (κ3) is 6.05. The Kier molecular flexibility index (Phi) is 7.06. The molecular formula is C22H22N4O5S. The normalized spacial score (nSPS) is 10.8. The lowest BCUT2D eigenvalue weighted by Crippen LogP contribution is -2.22. The largest absolute Gasteiger partial charge is 0.439 e. The molecule has 0 atom stereocenters. The number of benzene rings is 2. The SMILES string of the molecule is CCNC(=O)c1ccc(Oc2ccc(NS(=O)(=O)c3ccc(NC(C)=O)cc3)cc2)nc1. The van der Waals surface area contributed by atoms with Crippen molar-refractivity contribution in [1.82, 2.24) is 10.3 Å². The standard InChI is InChI=1S/C22H22N4O5S/c1-3-23-22(28)16-4-13-21(24-14-16)31-19-9-5-18(6-10-19)26-32(29,30)20-11-7-17(8-12-20)25-15(2)27/h4-14,26H,3H2,1-2H3,(H,23,28)(H,25,27). The van der Waals surface area contributed by atoms with Gasteiger partial charge in [0.05, 0.1) is 10.5 Å². The average Bonchev–Trinajstić information content (AvgIpc) is 2.75. The number of ether oxygens (including phenoxy) is 1. The zero-order valence-corrected chi connectivity index (χ0v) is 18.3. The maximum atomic E-state index is 12.6. The number of anilines is 2. The number of amides is 2. The molecule has 0 bridgehead atoms. The molecule has 0 saturated heterocycles. The van der Waals surface area contributed by atoms with E-state index < -0.39 is 10.0 Å². The van der Waals surface area contributed by atoms with Gasteiger partial charge in [-0.2, -0.15) is 0 Å². The average molecular weight is 455 g/mol. The first-order valence-corrected chi connectivity index (χ1v) is 11.2. The van der Waals surface area contributed by atoms with Gasteiger partial charge in [-0.25, -0.2) is 13.4 Å². The van der Waals surface area contributed by atoms with E-state index in [2.05, 4.69) is 20.3 Å². The highest BCUT2D eigenvalue weighted by atomic mass is 32.2. The van der Waals surface area contributed by atoms with E-state index in [-0.39, 0.29) is 16.7 Å². The van der Waals surface area contributed by atoms with Gasteiger partial charge in [-0.1, -0.05) is 0 Å². The molecule has 0 aliphatic heterocycles. The van der Waals surface area contributed by atoms with Crippen LogP contribution < -0.4 is 20.1 Å². The highest BCUT2D eigenvalue weighted by Gasteiger charge is 2.14. The summed E-state index contributed by atoms with van der Waals surface area (Å²) >= 11 is 0. The fourth-order valence-electron chi connectivity index (χ4n) is 2.68. The van der Waals surface area contributed by atoms with Gasteiger partial charge in [0.15, 0.2) is 0 Å². The summed E-state index contributed by atoms with van der Waals surface area (Å²) in [5, 5.41) is 5.27. The smallest absolute Gasteiger partial charge is 0.261 e. The van der Waals surface area contributed by atoms with Crippen LogP contribution in [0.2, 0.25) is 0 Å². The van der Waals surface area contributed by atoms with Crippen LogP contribution >= 0.6 is 0 Å². The van der Waals surface area contributed by atoms with Crippen molar-refractivity contribution < 1.29 is 22.7 Å². The predicted octanol–water partition coefficient (Wildman–Crippen LogP) is 3.38. The number of sulfonamides is 1. The van der Waals surface area contributed by atoms with Crippen LogP contribution in [-0.4, -0.2) is 31.8 Å². The fourth-order valence-corrected chi connectivity index (χ4v) is 3.74. The summed E-state index contributed by atoms with van der Waals surface area (Å²) in [5.41, 5.74) is 1.28. The Morgan fingerprint density at radius 1 is 0.938 bits per heavy atom. The summed E-state index contributed by atoms with van der Waals surface area (Å²) in [6.07, 6.45) is 1.42. The molecule has 0 aliphatic rings. The van der Waals surface area contributed by atoms with E-state index >= 15 is 0 Å². The number of carbonyl (C=O) groups excluding carboxylic acids is 2. The van der Waals surface area contributed by atoms with Gasteiger partial charge in [-0.05, 0) is 61.5 Å². The molecule has 0 radical (unpaired) electrons. The second kappa shape index (κ2) is 9.92. The molecule has 0 spiro atoms. The zero-order valence-electron chi connectivity index (χ0n) is 17.5. The van der Waals surface area contributed by atoms with Crippen LogP contribution in [0.4, 0.5) is 11.4 Å². The Morgan fingerprint density at radius 2 is 1.59 bits per heavy atom. The minimum absolute atomic E-state index is 0.0586. The fraction of sp³-hybridized carbons (Fsp3) is 0.136. The van der Waals surface area contributed by atoms with Crippen molar-refractivity contribution >= 4 is 33.2 Å². The molecule has 2 aromatic carbocycles. The Balaban J connectivity index is 1.64. The third-order valence-electron chi connectivity index (χ3n) is 4.15. The molecule has 166 valence electrons. The maximum absolute atomic E-state index is 12.6. The van der Waals surface area contributed by atoms with Crippen LogP contribution in [-0.2, 0) is 14.8 Å². The Bertz CT molecular complexity index is 1190. The molecule has 3 N–H and O–H groups in total. The number of pyridine rings is 1. The minimum atomic E-state index is -3.80. The lowest BCUT2D eigenvalue weighted by Gasteiger charge is -2.10. The molecule has 1 heterocycles. The van der Waals surface area contributed by atoms with E-state index in [0.29, 0.717) is 35.1 Å². The molecule has 0 aliphatic carbocycles. The number of nitrogens with one attached hydrogen (secondary N) is 3. The molecule has 10 heteroatoms. The second-order valence-corrected chi connectivity index (χ2v) is 8.36. The third-order valence-corrected chi connectivity index (χ3v) is 5.55. The summed E-state index contributed by atoms with van der Waals surface area (Å²) in [6, 6.07) is 15.3. The van der Waals surface area contributed by atoms with Crippen molar-refractivity contribution in [2.45, 2.75) is 18.7 Å². The van der Waals surface area contributed by atoms with Gasteiger partial charge in [0.1, 0.15) is 5.75 Å². The number of nitrogens with zero attached hydrogens (tertiary/aromatic N) is 1. The van der Waals surface area contributed by atoms with E-state index in [1.54, 1.807) is 36.4 Å². The molecule has 0 unspecified atom stereocenters. The second-order valence-electron chi connectivity index (χ2n) is 6.68. The van der Waals surface area contributed by atoms with E-state index in [0.717, 1.165) is 0 Å². The van der Waals surface area contributed by atoms with Crippen LogP contribution in [0.5, 0.6) is 11.6 Å². The van der Waals surface area contributed by atoms with Crippen LogP contribution in [0.25, 0.3) is 0 Å². The molecule has 1 aromatic heterocycles. The topological polar surface area (TPSA) is 126 Å². The van der Waals surface area contributed by atoms with E-state index in [9.17, 15) is 18.0 Å². The van der Waals surface area contributed by atoms with Gasteiger partial charge in [0.2, 0.25) is 11.8 Å². The molecule has 2 amide bonds. The Labute approximate surface area is 185 Å².